The number of anilines is 12. The Balaban J connectivity index is 0.000000141. The lowest BCUT2D eigenvalue weighted by molar-refractivity contribution is 0.753. The van der Waals surface area contributed by atoms with Crippen LogP contribution in [0.5, 0.6) is 0 Å². The molecule has 2 aliphatic carbocycles. The molecular weight excluding hydrogens is 1730 g/mol. The van der Waals surface area contributed by atoms with E-state index in [4.69, 9.17) is 0 Å². The van der Waals surface area contributed by atoms with Crippen molar-refractivity contribution < 1.29 is 0 Å². The summed E-state index contributed by atoms with van der Waals surface area (Å²) >= 11 is 3.81. The highest BCUT2D eigenvalue weighted by atomic mass is 32.1. The zero-order valence-electron chi connectivity index (χ0n) is 76.4. The first kappa shape index (κ1) is 82.0. The molecule has 6 heteroatoms. The Hall–Kier alpha value is -17.5. The predicted molar refractivity (Wildman–Crippen MR) is 592 cm³/mol. The van der Waals surface area contributed by atoms with Crippen molar-refractivity contribution in [1.29, 1.82) is 0 Å². The number of thiophene rings is 2. The molecule has 2 aliphatic heterocycles. The first-order valence-electron chi connectivity index (χ1n) is 48.2. The molecule has 0 fully saturated rings. The third-order valence-electron chi connectivity index (χ3n) is 29.4. The van der Waals surface area contributed by atoms with Gasteiger partial charge in [-0.25, -0.2) is 0 Å². The van der Waals surface area contributed by atoms with E-state index in [9.17, 15) is 0 Å². The third kappa shape index (κ3) is 13.0. The fourth-order valence-electron chi connectivity index (χ4n) is 23.3. The van der Waals surface area contributed by atoms with E-state index >= 15 is 0 Å². The van der Waals surface area contributed by atoms with Gasteiger partial charge in [0.15, 0.2) is 0 Å². The Morgan fingerprint density at radius 2 is 0.414 bits per heavy atom. The number of hydrogen-bond acceptors (Lipinski definition) is 6. The summed E-state index contributed by atoms with van der Waals surface area (Å²) in [5.74, 6) is 0. The van der Waals surface area contributed by atoms with Crippen LogP contribution < -0.4 is 19.6 Å². The van der Waals surface area contributed by atoms with Crippen molar-refractivity contribution in [3.05, 3.63) is 578 Å². The number of benzene rings is 22. The third-order valence-corrected chi connectivity index (χ3v) is 31.9. The zero-order chi connectivity index (χ0) is 92.4. The Labute approximate surface area is 822 Å². The van der Waals surface area contributed by atoms with Crippen LogP contribution in [0.2, 0.25) is 0 Å². The summed E-state index contributed by atoms with van der Waals surface area (Å²) in [5.41, 5.74) is 42.9. The predicted octanol–water partition coefficient (Wildman–Crippen LogP) is 37.3. The summed E-state index contributed by atoms with van der Waals surface area (Å²) in [4.78, 5) is 9.82. The van der Waals surface area contributed by atoms with Gasteiger partial charge in [0.25, 0.3) is 0 Å². The number of rotatable bonds is 14. The SMILES string of the molecule is c1ccc(-c2ccc(N(c3ccc(-c4ccccc4)cc3)c3cccc4c3sc3c(-c5ccc6c(c5)C5(c7ccccc7-6)c6ccccc6N(c6ccccc6)c6ccccc65)cccc34)cc2)cc1.c1ccc(-c2ccc(N(c3ccccc3-c3ccccc3)c3cccc4c3sc3c(-c5ccc6c(c5)C5(c7ccccc7-6)c6ccccc6N(c6ccccc6)c6ccccc65)cccc34)cc2)cc1. The number of hydrogen-bond donors (Lipinski definition) is 0. The van der Waals surface area contributed by atoms with E-state index in [1.54, 1.807) is 0 Å². The van der Waals surface area contributed by atoms with Crippen molar-refractivity contribution in [1.82, 2.24) is 0 Å². The second kappa shape index (κ2) is 33.8. The summed E-state index contributed by atoms with van der Waals surface area (Å²) in [5, 5.41) is 5.04. The van der Waals surface area contributed by atoms with Crippen molar-refractivity contribution in [2.45, 2.75) is 10.8 Å². The van der Waals surface area contributed by atoms with Gasteiger partial charge in [-0.3, -0.25) is 0 Å². The van der Waals surface area contributed by atoms with Crippen molar-refractivity contribution in [2.75, 3.05) is 19.6 Å². The van der Waals surface area contributed by atoms with Crippen LogP contribution in [0, 0.1) is 0 Å². The smallest absolute Gasteiger partial charge is 0.0754 e. The summed E-state index contributed by atoms with van der Waals surface area (Å²) in [6, 6.07) is 197. The van der Waals surface area contributed by atoms with Gasteiger partial charge in [-0.15, -0.1) is 22.7 Å². The van der Waals surface area contributed by atoms with Gasteiger partial charge < -0.3 is 19.6 Å². The minimum atomic E-state index is -0.537. The summed E-state index contributed by atoms with van der Waals surface area (Å²) in [7, 11) is 0. The van der Waals surface area contributed by atoms with Crippen LogP contribution in [0.3, 0.4) is 0 Å². The average molecular weight is 1820 g/mol. The molecule has 140 heavy (non-hydrogen) atoms. The first-order valence-corrected chi connectivity index (χ1v) is 49.8. The van der Waals surface area contributed by atoms with E-state index in [0.29, 0.717) is 0 Å². The summed E-state index contributed by atoms with van der Waals surface area (Å²) in [6.07, 6.45) is 0. The van der Waals surface area contributed by atoms with Crippen LogP contribution in [0.15, 0.2) is 534 Å². The number of fused-ring (bicyclic) bond motifs is 24. The van der Waals surface area contributed by atoms with Crippen LogP contribution in [-0.4, -0.2) is 0 Å². The largest absolute Gasteiger partial charge is 0.310 e. The van der Waals surface area contributed by atoms with E-state index in [2.05, 4.69) is 553 Å². The highest BCUT2D eigenvalue weighted by Gasteiger charge is 2.54. The molecular formula is C134H88N4S2. The minimum absolute atomic E-state index is 0.533. The van der Waals surface area contributed by atoms with Crippen LogP contribution in [0.25, 0.3) is 129 Å². The van der Waals surface area contributed by atoms with E-state index in [-0.39, 0.29) is 0 Å². The normalized spacial score (nSPS) is 12.9. The molecule has 4 heterocycles. The van der Waals surface area contributed by atoms with Gasteiger partial charge in [-0.2, -0.15) is 0 Å². The van der Waals surface area contributed by atoms with E-state index < -0.39 is 10.8 Å². The zero-order valence-corrected chi connectivity index (χ0v) is 78.0. The molecule has 656 valence electrons. The van der Waals surface area contributed by atoms with Crippen molar-refractivity contribution in [3.63, 3.8) is 0 Å². The topological polar surface area (TPSA) is 13.0 Å². The van der Waals surface area contributed by atoms with Gasteiger partial charge in [0.2, 0.25) is 0 Å². The monoisotopic (exact) mass is 1820 g/mol. The molecule has 0 atom stereocenters. The van der Waals surface area contributed by atoms with Crippen molar-refractivity contribution in [3.8, 4) is 89.0 Å². The van der Waals surface area contributed by atoms with E-state index in [1.165, 1.54) is 197 Å². The lowest BCUT2D eigenvalue weighted by Crippen LogP contribution is -2.36. The molecule has 0 N–H and O–H groups in total. The van der Waals surface area contributed by atoms with Gasteiger partial charge in [0.05, 0.1) is 60.0 Å². The maximum Gasteiger partial charge on any atom is 0.0754 e. The standard InChI is InChI=1S/2C67H44N2S/c1-4-20-45(21-5-1)46-38-41-50(42-39-46)68(61-34-15-11-26-51(61)47-22-6-2-7-23-47)64-37-19-30-56-55-29-18-28-52(65(55)70-66(56)64)48-40-43-54-53-27-10-12-31-57(53)67(60(54)44-48)58-32-13-16-35-62(58)69(49-24-8-3-9-25-49)63-36-17-14-33-59(63)67;1-4-18-45(19-5-1)47-34-39-51(40-35-47)68(52-41-36-48(37-42-52)46-20-6-2-7-21-46)64-33-17-27-57-56-26-16-25-53(65(56)70-66(57)64)49-38-43-55-54-24-10-11-28-58(54)67(61(55)44-49)59-29-12-14-31-62(59)69(50-22-8-3-9-23-50)63-32-15-13-30-60(63)67/h2*1-44H. The van der Waals surface area contributed by atoms with Crippen LogP contribution in [0.4, 0.5) is 68.2 Å². The van der Waals surface area contributed by atoms with Gasteiger partial charge in [0.1, 0.15) is 0 Å². The fraction of sp³-hybridized carbons (Fsp3) is 0.0149. The molecule has 4 aliphatic rings. The Bertz CT molecular complexity index is 8750. The molecule has 22 aromatic carbocycles. The quantitative estimate of drug-likeness (QED) is 0.108. The Kier molecular flexibility index (Phi) is 19.8. The van der Waals surface area contributed by atoms with Crippen LogP contribution in [-0.2, 0) is 10.8 Å². The summed E-state index contributed by atoms with van der Waals surface area (Å²) in [6.45, 7) is 0. The maximum atomic E-state index is 2.53. The Morgan fingerprint density at radius 1 is 0.157 bits per heavy atom. The molecule has 0 radical (unpaired) electrons. The highest BCUT2D eigenvalue weighted by Crippen LogP contribution is 2.67. The van der Waals surface area contributed by atoms with Gasteiger partial charge in [0, 0.05) is 64.9 Å². The number of nitrogens with zero attached hydrogens (tertiary/aromatic N) is 4. The highest BCUT2D eigenvalue weighted by molar-refractivity contribution is 7.27. The van der Waals surface area contributed by atoms with Crippen LogP contribution >= 0.6 is 22.7 Å². The maximum absolute atomic E-state index is 2.53. The van der Waals surface area contributed by atoms with E-state index in [0.717, 1.165) is 45.5 Å². The molecule has 24 aromatic rings. The molecule has 4 nitrogen and oxygen atoms in total. The van der Waals surface area contributed by atoms with Gasteiger partial charge in [-0.05, 0) is 243 Å². The lowest BCUT2D eigenvalue weighted by atomic mass is 9.64. The fourth-order valence-corrected chi connectivity index (χ4v) is 26.0. The summed E-state index contributed by atoms with van der Waals surface area (Å²) < 4.78 is 5.07. The molecule has 0 bridgehead atoms. The van der Waals surface area contributed by atoms with Crippen molar-refractivity contribution >= 4 is 131 Å². The minimum Gasteiger partial charge on any atom is -0.310 e. The van der Waals surface area contributed by atoms with Gasteiger partial charge in [-0.1, -0.05) is 419 Å². The Morgan fingerprint density at radius 3 is 0.793 bits per heavy atom. The van der Waals surface area contributed by atoms with E-state index in [1.807, 2.05) is 22.7 Å². The second-order valence-corrected chi connectivity index (χ2v) is 38.7. The molecule has 0 amide bonds. The molecule has 28 rings (SSSR count). The molecule has 0 saturated heterocycles. The first-order chi connectivity index (χ1) is 69.5. The second-order valence-electron chi connectivity index (χ2n) is 36.7. The molecule has 0 unspecified atom stereocenters. The molecule has 2 aromatic heterocycles. The van der Waals surface area contributed by atoms with Gasteiger partial charge >= 0.3 is 0 Å². The van der Waals surface area contributed by atoms with Crippen molar-refractivity contribution in [2.24, 2.45) is 0 Å². The molecule has 2 spiro atoms. The van der Waals surface area contributed by atoms with Crippen LogP contribution in [0.1, 0.15) is 44.5 Å². The lowest BCUT2D eigenvalue weighted by Gasteiger charge is -2.45. The average Bonchev–Trinajstić information content (AvgIpc) is 1.51. The number of para-hydroxylation sites is 7. The molecule has 0 saturated carbocycles.